The van der Waals surface area contributed by atoms with Crippen LogP contribution < -0.4 is 0 Å². The van der Waals surface area contributed by atoms with E-state index in [2.05, 4.69) is 31.9 Å². The average Bonchev–Trinajstić information content (AvgIpc) is 2.67. The van der Waals surface area contributed by atoms with Crippen molar-refractivity contribution in [1.29, 1.82) is 0 Å². The summed E-state index contributed by atoms with van der Waals surface area (Å²) < 4.78 is 0. The molecule has 31 heavy (non-hydrogen) atoms. The molecule has 0 aromatic heterocycles. The minimum absolute atomic E-state index is 0. The molecule has 0 aromatic carbocycles. The Hall–Kier alpha value is 8.33. The first-order chi connectivity index (χ1) is 11.0. The van der Waals surface area contributed by atoms with Crippen LogP contribution in [-0.2, 0) is 0 Å². The number of aliphatic hydroxyl groups excluding tert-OH is 7. The van der Waals surface area contributed by atoms with E-state index < -0.39 is 10.8 Å². The van der Waals surface area contributed by atoms with Gasteiger partial charge in [0.05, 0.1) is 46.2 Å². The molecule has 0 aliphatic heterocycles. The van der Waals surface area contributed by atoms with Gasteiger partial charge in [0.15, 0.2) is 0 Å². The van der Waals surface area contributed by atoms with Gasteiger partial charge in [0.1, 0.15) is 0 Å². The maximum atomic E-state index is 8.73. The minimum Gasteiger partial charge on any atom is -0.412 e. The van der Waals surface area contributed by atoms with Crippen LogP contribution in [0.25, 0.3) is 0 Å². The van der Waals surface area contributed by atoms with E-state index >= 15 is 0 Å². The summed E-state index contributed by atoms with van der Waals surface area (Å²) in [6, 6.07) is 0. The summed E-state index contributed by atoms with van der Waals surface area (Å²) in [5, 5.41) is 61.2. The Morgan fingerprint density at radius 2 is 0.581 bits per heavy atom. The van der Waals surface area contributed by atoms with E-state index in [0.29, 0.717) is 0 Å². The van der Waals surface area contributed by atoms with Crippen LogP contribution in [0.5, 0.6) is 0 Å². The molecule has 0 rings (SSSR count). The number of hydrogen-bond donors (Lipinski definition) is 7. The monoisotopic (exact) mass is 1720 g/mol. The van der Waals surface area contributed by atoms with Gasteiger partial charge in [0, 0.05) is 247 Å². The maximum absolute atomic E-state index is 8.73. The predicted octanol–water partition coefficient (Wildman–Crippen LogP) is -0.533. The van der Waals surface area contributed by atoms with Crippen LogP contribution in [0.2, 0.25) is 0 Å². The Balaban J connectivity index is -0.0000000240. The van der Waals surface area contributed by atoms with E-state index in [1.54, 1.807) is 13.8 Å². The molecule has 0 spiro atoms. The molecular formula is C15H37Ac5Br3O8. The van der Waals surface area contributed by atoms with Gasteiger partial charge >= 0.3 is 0 Å². The number of hydrogen-bond acceptors (Lipinski definition) is 7. The fraction of sp³-hybridized carbons (Fsp3) is 1.00. The second kappa shape index (κ2) is 42.8. The largest absolute Gasteiger partial charge is 0.412 e. The molecule has 0 aliphatic carbocycles. The third-order valence-electron chi connectivity index (χ3n) is 3.32. The Bertz CT molecular complexity index is 226. The summed E-state index contributed by atoms with van der Waals surface area (Å²) in [4.78, 5) is 0. The van der Waals surface area contributed by atoms with E-state index in [-0.39, 0.29) is 294 Å². The van der Waals surface area contributed by atoms with E-state index in [1.165, 1.54) is 0 Å². The zero-order chi connectivity index (χ0) is 19.9. The van der Waals surface area contributed by atoms with Crippen LogP contribution in [0.15, 0.2) is 0 Å². The Morgan fingerprint density at radius 1 is 0.452 bits per heavy atom. The first-order valence-electron chi connectivity index (χ1n) is 7.43. The number of halogens is 3. The number of rotatable bonds is 9. The van der Waals surface area contributed by atoms with Crippen molar-refractivity contribution >= 4 is 48.8 Å². The van der Waals surface area contributed by atoms with Crippen LogP contribution in [-0.4, -0.2) is 98.1 Å². The van der Waals surface area contributed by atoms with E-state index in [4.69, 9.17) is 35.7 Å². The average molecular weight is 1720 g/mol. The quantitative estimate of drug-likeness (QED) is 0.152. The minimum atomic E-state index is -0.708. The van der Waals surface area contributed by atoms with Gasteiger partial charge in [0.2, 0.25) is 0 Å². The van der Waals surface area contributed by atoms with Crippen LogP contribution in [0, 0.1) is 237 Å². The third kappa shape index (κ3) is 40.5. The summed E-state index contributed by atoms with van der Waals surface area (Å²) in [5.74, 6) is 0. The zero-order valence-corrected chi connectivity index (χ0v) is 47.2. The standard InChI is InChI=1S/C5H10Br2O.2C5H12O3.5Ac.BrH.H2O/c3*1-5(2-6,3-7)4-8;;;;;;;/h8H,2-4H2,1H3;2*6-8H,2-4H2,1H3;;;;;;1H;1H2. The van der Waals surface area contributed by atoms with Crippen LogP contribution in [0.3, 0.4) is 0 Å². The van der Waals surface area contributed by atoms with Gasteiger partial charge in [0.25, 0.3) is 0 Å². The van der Waals surface area contributed by atoms with Crippen molar-refractivity contribution in [2.75, 3.05) is 56.9 Å². The number of alkyl halides is 2. The topological polar surface area (TPSA) is 173 Å². The van der Waals surface area contributed by atoms with Crippen molar-refractivity contribution in [3.63, 3.8) is 0 Å². The first kappa shape index (κ1) is 67.2. The maximum Gasteiger partial charge on any atom is 0.0528 e. The molecule has 9 N–H and O–H groups in total. The summed E-state index contributed by atoms with van der Waals surface area (Å²) in [6.45, 7) is 4.36. The van der Waals surface area contributed by atoms with Gasteiger partial charge in [-0.2, -0.15) is 0 Å². The Labute approximate surface area is 393 Å². The molecule has 0 fully saturated rings. The van der Waals surface area contributed by atoms with Crippen LogP contribution in [0.4, 0.5) is 0 Å². The summed E-state index contributed by atoms with van der Waals surface area (Å²) >= 11 is 6.60. The second-order valence-corrected chi connectivity index (χ2v) is 7.93. The molecule has 0 unspecified atom stereocenters. The Morgan fingerprint density at radius 3 is 0.581 bits per heavy atom. The molecule has 0 saturated heterocycles. The van der Waals surface area contributed by atoms with Crippen molar-refractivity contribution in [3.05, 3.63) is 0 Å². The van der Waals surface area contributed by atoms with Gasteiger partial charge in [-0.3, -0.25) is 0 Å². The summed E-state index contributed by atoms with van der Waals surface area (Å²) in [6.07, 6.45) is 0. The van der Waals surface area contributed by atoms with Crippen molar-refractivity contribution in [2.45, 2.75) is 20.8 Å². The zero-order valence-electron chi connectivity index (χ0n) is 18.5. The molecule has 0 aliphatic rings. The molecular weight excluding hydrogens is 1680 g/mol. The molecule has 0 atom stereocenters. The van der Waals surface area contributed by atoms with Crippen molar-refractivity contribution in [2.24, 2.45) is 16.2 Å². The molecule has 0 heterocycles. The van der Waals surface area contributed by atoms with Gasteiger partial charge in [-0.15, -0.1) is 17.0 Å². The molecule has 0 aromatic rings. The van der Waals surface area contributed by atoms with E-state index in [9.17, 15) is 0 Å². The predicted molar refractivity (Wildman–Crippen MR) is 115 cm³/mol. The molecule has 16 heteroatoms. The van der Waals surface area contributed by atoms with Gasteiger partial charge < -0.3 is 41.2 Å². The second-order valence-electron chi connectivity index (χ2n) is 6.81. The number of aliphatic hydroxyl groups is 7. The SMILES string of the molecule is Br.CC(CO)(CBr)CBr.CC(CO)(CO)CO.CC(CO)(CO)CO.O.[Ac].[Ac].[Ac].[Ac].[Ac]. The van der Waals surface area contributed by atoms with Crippen LogP contribution >= 0.6 is 48.8 Å². The first-order valence-corrected chi connectivity index (χ1v) is 9.67. The fourth-order valence-electron chi connectivity index (χ4n) is 0.420. The van der Waals surface area contributed by atoms with Crippen molar-refractivity contribution in [1.82, 2.24) is 0 Å². The van der Waals surface area contributed by atoms with Gasteiger partial charge in [-0.05, 0) is 0 Å². The van der Waals surface area contributed by atoms with Gasteiger partial charge in [-0.25, -0.2) is 0 Å². The molecule has 0 saturated carbocycles. The third-order valence-corrected chi connectivity index (χ3v) is 6.02. The van der Waals surface area contributed by atoms with Crippen LogP contribution in [0.1, 0.15) is 20.8 Å². The normalized spacial score (nSPS) is 9.29. The molecule has 8 nitrogen and oxygen atoms in total. The van der Waals surface area contributed by atoms with E-state index in [1.807, 2.05) is 6.92 Å². The molecule has 5 radical (unpaired) electrons. The van der Waals surface area contributed by atoms with Crippen molar-refractivity contribution < 1.29 is 262 Å². The van der Waals surface area contributed by atoms with Crippen molar-refractivity contribution in [3.8, 4) is 0 Å². The van der Waals surface area contributed by atoms with Gasteiger partial charge in [-0.1, -0.05) is 52.6 Å². The molecule has 0 amide bonds. The summed E-state index contributed by atoms with van der Waals surface area (Å²) in [7, 11) is 0. The molecule has 0 bridgehead atoms. The molecule has 181 valence electrons. The Kier molecular flexibility index (Phi) is 92.7. The fourth-order valence-corrected chi connectivity index (χ4v) is 1.70. The smallest absolute Gasteiger partial charge is 0.0528 e. The summed E-state index contributed by atoms with van der Waals surface area (Å²) in [5.41, 5.74) is -1.40. The van der Waals surface area contributed by atoms with E-state index in [0.717, 1.165) is 10.7 Å².